The Balaban J connectivity index is 1.51. The Bertz CT molecular complexity index is 1170. The molecule has 7 nitrogen and oxygen atoms in total. The fourth-order valence-corrected chi connectivity index (χ4v) is 5.42. The van der Waals surface area contributed by atoms with Gasteiger partial charge in [-0.15, -0.1) is 0 Å². The van der Waals surface area contributed by atoms with Crippen LogP contribution in [0.5, 0.6) is 11.5 Å². The molecule has 3 amide bonds. The van der Waals surface area contributed by atoms with Crippen molar-refractivity contribution in [3.05, 3.63) is 61.8 Å². The summed E-state index contributed by atoms with van der Waals surface area (Å²) in [6, 6.07) is 9.63. The van der Waals surface area contributed by atoms with Crippen LogP contribution in [0.3, 0.4) is 0 Å². The van der Waals surface area contributed by atoms with E-state index in [9.17, 15) is 18.8 Å². The Morgan fingerprint density at radius 1 is 1.14 bits per heavy atom. The number of hydrogen-bond acceptors (Lipinski definition) is 6. The molecule has 0 unspecified atom stereocenters. The predicted molar refractivity (Wildman–Crippen MR) is 140 cm³/mol. The molecule has 35 heavy (non-hydrogen) atoms. The third-order valence-corrected chi connectivity index (χ3v) is 7.26. The van der Waals surface area contributed by atoms with Crippen LogP contribution in [0.1, 0.15) is 30.9 Å². The van der Waals surface area contributed by atoms with Crippen molar-refractivity contribution in [1.82, 2.24) is 9.80 Å². The summed E-state index contributed by atoms with van der Waals surface area (Å²) < 4.78 is 25.7. The number of rotatable bonds is 8. The third kappa shape index (κ3) is 6.16. The van der Waals surface area contributed by atoms with Crippen molar-refractivity contribution in [2.75, 3.05) is 26.2 Å². The highest BCUT2D eigenvalue weighted by atomic mass is 127. The SMILES string of the molecule is CCOc1cc(/C=C2\SC(=O)N(CC(=O)N3CCCC3)C2=O)cc(I)c1OCc1ccc(F)cc1. The maximum absolute atomic E-state index is 13.2. The van der Waals surface area contributed by atoms with Crippen LogP contribution >= 0.6 is 34.4 Å². The molecule has 2 fully saturated rings. The minimum absolute atomic E-state index is 0.207. The number of nitrogens with zero attached hydrogens (tertiary/aromatic N) is 2. The lowest BCUT2D eigenvalue weighted by Crippen LogP contribution is -2.40. The number of likely N-dealkylation sites (tertiary alicyclic amines) is 1. The van der Waals surface area contributed by atoms with Crippen LogP contribution in [-0.2, 0) is 16.2 Å². The monoisotopic (exact) mass is 610 g/mol. The lowest BCUT2D eigenvalue weighted by atomic mass is 10.1. The van der Waals surface area contributed by atoms with Crippen LogP contribution in [0.2, 0.25) is 0 Å². The molecule has 2 aromatic carbocycles. The number of thioether (sulfide) groups is 1. The average molecular weight is 610 g/mol. The van der Waals surface area contributed by atoms with E-state index in [-0.39, 0.29) is 29.8 Å². The highest BCUT2D eigenvalue weighted by Gasteiger charge is 2.37. The van der Waals surface area contributed by atoms with Crippen molar-refractivity contribution in [3.8, 4) is 11.5 Å². The van der Waals surface area contributed by atoms with Crippen LogP contribution in [0.25, 0.3) is 6.08 Å². The van der Waals surface area contributed by atoms with Crippen molar-refractivity contribution >= 4 is 57.5 Å². The molecule has 2 aliphatic heterocycles. The smallest absolute Gasteiger partial charge is 0.294 e. The van der Waals surface area contributed by atoms with Gasteiger partial charge in [0.25, 0.3) is 11.1 Å². The number of carbonyl (C=O) groups excluding carboxylic acids is 3. The molecular formula is C25H24FIN2O5S. The van der Waals surface area contributed by atoms with Gasteiger partial charge in [-0.3, -0.25) is 19.3 Å². The Hall–Kier alpha value is -2.60. The highest BCUT2D eigenvalue weighted by molar-refractivity contribution is 14.1. The predicted octanol–water partition coefficient (Wildman–Crippen LogP) is 5.07. The van der Waals surface area contributed by atoms with E-state index in [1.807, 2.05) is 13.0 Å². The van der Waals surface area contributed by atoms with Crippen molar-refractivity contribution < 1.29 is 28.2 Å². The van der Waals surface area contributed by atoms with Crippen LogP contribution in [0.4, 0.5) is 9.18 Å². The molecule has 0 aliphatic carbocycles. The van der Waals surface area contributed by atoms with Gasteiger partial charge in [-0.2, -0.15) is 0 Å². The van der Waals surface area contributed by atoms with Gasteiger partial charge >= 0.3 is 0 Å². The van der Waals surface area contributed by atoms with Gasteiger partial charge in [0.2, 0.25) is 5.91 Å². The lowest BCUT2D eigenvalue weighted by molar-refractivity contribution is -0.135. The first kappa shape index (κ1) is 25.5. The summed E-state index contributed by atoms with van der Waals surface area (Å²) >= 11 is 2.95. The Kier molecular flexibility index (Phi) is 8.32. The van der Waals surface area contributed by atoms with E-state index in [4.69, 9.17) is 9.47 Å². The molecule has 2 aliphatic rings. The lowest BCUT2D eigenvalue weighted by Gasteiger charge is -2.18. The number of ether oxygens (including phenoxy) is 2. The molecule has 0 radical (unpaired) electrons. The van der Waals surface area contributed by atoms with E-state index in [0.29, 0.717) is 36.8 Å². The summed E-state index contributed by atoms with van der Waals surface area (Å²) in [5.41, 5.74) is 1.48. The molecular weight excluding hydrogens is 586 g/mol. The maximum atomic E-state index is 13.2. The quantitative estimate of drug-likeness (QED) is 0.307. The average Bonchev–Trinajstić information content (AvgIpc) is 3.45. The second kappa shape index (κ2) is 11.4. The number of imide groups is 1. The van der Waals surface area contributed by atoms with Crippen LogP contribution in [-0.4, -0.2) is 53.1 Å². The van der Waals surface area contributed by atoms with Gasteiger partial charge in [0, 0.05) is 13.1 Å². The van der Waals surface area contributed by atoms with E-state index in [1.54, 1.807) is 29.2 Å². The zero-order chi connectivity index (χ0) is 24.9. The van der Waals surface area contributed by atoms with Gasteiger partial charge in [0.15, 0.2) is 11.5 Å². The molecule has 0 bridgehead atoms. The normalized spacial score (nSPS) is 16.9. The summed E-state index contributed by atoms with van der Waals surface area (Å²) in [5, 5.41) is -0.451. The second-order valence-corrected chi connectivity index (χ2v) is 10.2. The maximum Gasteiger partial charge on any atom is 0.294 e. The summed E-state index contributed by atoms with van der Waals surface area (Å²) in [5.74, 6) is 0.0426. The fourth-order valence-electron chi connectivity index (χ4n) is 3.80. The van der Waals surface area contributed by atoms with E-state index >= 15 is 0 Å². The van der Waals surface area contributed by atoms with Crippen molar-refractivity contribution in [3.63, 3.8) is 0 Å². The number of hydrogen-bond donors (Lipinski definition) is 0. The van der Waals surface area contributed by atoms with E-state index in [1.165, 1.54) is 12.1 Å². The molecule has 184 valence electrons. The van der Waals surface area contributed by atoms with E-state index < -0.39 is 11.1 Å². The highest BCUT2D eigenvalue weighted by Crippen LogP contribution is 2.38. The second-order valence-electron chi connectivity index (χ2n) is 8.03. The summed E-state index contributed by atoms with van der Waals surface area (Å²) in [6.45, 7) is 3.59. The number of amides is 3. The Morgan fingerprint density at radius 3 is 2.54 bits per heavy atom. The van der Waals surface area contributed by atoms with Crippen LogP contribution < -0.4 is 9.47 Å². The largest absolute Gasteiger partial charge is 0.490 e. The Morgan fingerprint density at radius 2 is 1.86 bits per heavy atom. The van der Waals surface area contributed by atoms with E-state index in [2.05, 4.69) is 22.6 Å². The van der Waals surface area contributed by atoms with Crippen LogP contribution in [0, 0.1) is 9.39 Å². The van der Waals surface area contributed by atoms with E-state index in [0.717, 1.165) is 38.6 Å². The minimum Gasteiger partial charge on any atom is -0.490 e. The molecule has 0 aromatic heterocycles. The molecule has 4 rings (SSSR count). The molecule has 2 aromatic rings. The molecule has 0 atom stereocenters. The molecule has 10 heteroatoms. The first-order valence-corrected chi connectivity index (χ1v) is 13.1. The van der Waals surface area contributed by atoms with Gasteiger partial charge in [0.1, 0.15) is 19.0 Å². The topological polar surface area (TPSA) is 76.2 Å². The number of benzene rings is 2. The molecule has 0 spiro atoms. The van der Waals surface area contributed by atoms with Crippen molar-refractivity contribution in [2.24, 2.45) is 0 Å². The minimum atomic E-state index is -0.475. The van der Waals surface area contributed by atoms with Crippen molar-refractivity contribution in [2.45, 2.75) is 26.4 Å². The van der Waals surface area contributed by atoms with Gasteiger partial charge in [0.05, 0.1) is 15.1 Å². The standard InChI is InChI=1S/C25H24FIN2O5S/c1-2-33-20-12-17(11-19(27)23(20)34-15-16-5-7-18(26)8-6-16)13-21-24(31)29(25(32)35-21)14-22(30)28-9-3-4-10-28/h5-8,11-13H,2-4,9-10,14-15H2,1H3/b21-13-. The third-order valence-electron chi connectivity index (χ3n) is 5.55. The summed E-state index contributed by atoms with van der Waals surface area (Å²) in [4.78, 5) is 40.7. The summed E-state index contributed by atoms with van der Waals surface area (Å²) in [6.07, 6.45) is 3.51. The zero-order valence-corrected chi connectivity index (χ0v) is 22.1. The number of carbonyl (C=O) groups is 3. The zero-order valence-electron chi connectivity index (χ0n) is 19.1. The summed E-state index contributed by atoms with van der Waals surface area (Å²) in [7, 11) is 0. The molecule has 2 heterocycles. The van der Waals surface area contributed by atoms with Crippen LogP contribution in [0.15, 0.2) is 41.3 Å². The van der Waals surface area contributed by atoms with Crippen molar-refractivity contribution in [1.29, 1.82) is 0 Å². The fraction of sp³-hybridized carbons (Fsp3) is 0.320. The first-order chi connectivity index (χ1) is 16.9. The molecule has 0 saturated carbocycles. The first-order valence-electron chi connectivity index (χ1n) is 11.2. The van der Waals surface area contributed by atoms with Gasteiger partial charge < -0.3 is 14.4 Å². The molecule has 0 N–H and O–H groups in total. The van der Waals surface area contributed by atoms with Gasteiger partial charge in [-0.25, -0.2) is 4.39 Å². The Labute approximate surface area is 220 Å². The number of halogens is 2. The van der Waals surface area contributed by atoms with Gasteiger partial charge in [-0.05, 0) is 95.6 Å². The van der Waals surface area contributed by atoms with Gasteiger partial charge in [-0.1, -0.05) is 12.1 Å². The molecule has 2 saturated heterocycles.